The maximum atomic E-state index is 13.0. The van der Waals surface area contributed by atoms with Crippen LogP contribution in [-0.4, -0.2) is 42.7 Å². The first-order valence-electron chi connectivity index (χ1n) is 11.2. The van der Waals surface area contributed by atoms with E-state index in [1.807, 2.05) is 43.1 Å². The Balaban J connectivity index is 1.51. The van der Waals surface area contributed by atoms with Crippen LogP contribution in [0, 0.1) is 0 Å². The van der Waals surface area contributed by atoms with Gasteiger partial charge in [0.05, 0.1) is 20.3 Å². The highest BCUT2D eigenvalue weighted by Crippen LogP contribution is 2.31. The topological polar surface area (TPSA) is 55.7 Å². The summed E-state index contributed by atoms with van der Waals surface area (Å²) in [5.41, 5.74) is 4.23. The number of para-hydroxylation sites is 1. The molecule has 0 spiro atoms. The summed E-state index contributed by atoms with van der Waals surface area (Å²) < 4.78 is 13.0. The van der Waals surface area contributed by atoms with E-state index in [2.05, 4.69) is 53.2 Å². The Morgan fingerprint density at radius 3 is 2.42 bits per heavy atom. The normalized spacial score (nSPS) is 12.3. The molecular formula is C27H31N3O3. The lowest BCUT2D eigenvalue weighted by Gasteiger charge is -2.24. The van der Waals surface area contributed by atoms with Crippen molar-refractivity contribution < 1.29 is 14.3 Å². The van der Waals surface area contributed by atoms with Crippen LogP contribution >= 0.6 is 0 Å². The number of methoxy groups -OCH3 is 2. The zero-order chi connectivity index (χ0) is 23.5. The third kappa shape index (κ3) is 4.39. The Labute approximate surface area is 194 Å². The molecule has 6 heteroatoms. The van der Waals surface area contributed by atoms with Crippen molar-refractivity contribution in [3.63, 3.8) is 0 Å². The van der Waals surface area contributed by atoms with Crippen LogP contribution in [0.25, 0.3) is 21.8 Å². The molecule has 1 unspecified atom stereocenters. The van der Waals surface area contributed by atoms with Crippen molar-refractivity contribution in [3.8, 4) is 11.5 Å². The number of carbonyl (C=O) groups is 1. The van der Waals surface area contributed by atoms with Gasteiger partial charge in [0.1, 0.15) is 0 Å². The minimum Gasteiger partial charge on any atom is -0.493 e. The molecule has 0 saturated carbocycles. The van der Waals surface area contributed by atoms with Crippen LogP contribution in [0.3, 0.4) is 0 Å². The second-order valence-corrected chi connectivity index (χ2v) is 8.26. The van der Waals surface area contributed by atoms with Crippen LogP contribution < -0.4 is 14.8 Å². The fourth-order valence-electron chi connectivity index (χ4n) is 4.32. The summed E-state index contributed by atoms with van der Waals surface area (Å²) in [5.74, 6) is 1.33. The predicted molar refractivity (Wildman–Crippen MR) is 134 cm³/mol. The Morgan fingerprint density at radius 2 is 1.70 bits per heavy atom. The van der Waals surface area contributed by atoms with Gasteiger partial charge in [0.15, 0.2) is 11.5 Å². The number of carbonyl (C=O) groups excluding carboxylic acids is 1. The van der Waals surface area contributed by atoms with E-state index in [-0.39, 0.29) is 11.9 Å². The van der Waals surface area contributed by atoms with Crippen LogP contribution in [0.2, 0.25) is 0 Å². The maximum Gasteiger partial charge on any atom is 0.241 e. The van der Waals surface area contributed by atoms with E-state index in [9.17, 15) is 4.79 Å². The summed E-state index contributed by atoms with van der Waals surface area (Å²) >= 11 is 0. The first-order valence-corrected chi connectivity index (χ1v) is 11.2. The van der Waals surface area contributed by atoms with Gasteiger partial charge in [-0.05, 0) is 62.9 Å². The number of nitrogens with zero attached hydrogens (tertiary/aromatic N) is 2. The number of ether oxygens (including phenoxy) is 2. The Bertz CT molecular complexity index is 1290. The van der Waals surface area contributed by atoms with Gasteiger partial charge in [0, 0.05) is 40.6 Å². The predicted octanol–water partition coefficient (Wildman–Crippen LogP) is 5.29. The molecule has 3 aromatic carbocycles. The summed E-state index contributed by atoms with van der Waals surface area (Å²) in [5, 5.41) is 5.45. The maximum absolute atomic E-state index is 13.0. The fraction of sp³-hybridized carbons (Fsp3) is 0.296. The average Bonchev–Trinajstić information content (AvgIpc) is 3.16. The van der Waals surface area contributed by atoms with Gasteiger partial charge in [-0.1, -0.05) is 24.3 Å². The number of fused-ring (bicyclic) bond motifs is 3. The van der Waals surface area contributed by atoms with E-state index >= 15 is 0 Å². The monoisotopic (exact) mass is 445 g/mol. The van der Waals surface area contributed by atoms with Crippen LogP contribution in [0.15, 0.2) is 60.7 Å². The first kappa shape index (κ1) is 22.7. The number of amides is 1. The number of aromatic nitrogens is 1. The van der Waals surface area contributed by atoms with Crippen LogP contribution in [0.5, 0.6) is 11.5 Å². The molecule has 6 nitrogen and oxygen atoms in total. The highest BCUT2D eigenvalue weighted by atomic mass is 16.5. The zero-order valence-electron chi connectivity index (χ0n) is 19.9. The largest absolute Gasteiger partial charge is 0.493 e. The summed E-state index contributed by atoms with van der Waals surface area (Å²) in [6.45, 7) is 5.57. The molecule has 0 saturated heterocycles. The van der Waals surface area contributed by atoms with E-state index < -0.39 is 0 Å². The van der Waals surface area contributed by atoms with Gasteiger partial charge in [-0.3, -0.25) is 9.69 Å². The fourth-order valence-corrected chi connectivity index (χ4v) is 4.32. The highest BCUT2D eigenvalue weighted by Gasteiger charge is 2.19. The number of nitrogens with one attached hydrogen (secondary N) is 1. The van der Waals surface area contributed by atoms with Crippen molar-refractivity contribution in [1.29, 1.82) is 0 Å². The molecule has 0 bridgehead atoms. The van der Waals surface area contributed by atoms with Gasteiger partial charge in [-0.2, -0.15) is 0 Å². The number of hydrogen-bond donors (Lipinski definition) is 1. The highest BCUT2D eigenvalue weighted by molar-refractivity contribution is 6.10. The van der Waals surface area contributed by atoms with Crippen molar-refractivity contribution in [2.45, 2.75) is 33.0 Å². The quantitative estimate of drug-likeness (QED) is 0.400. The number of likely N-dealkylation sites (N-methyl/N-ethyl adjacent to an activating group) is 1. The molecule has 172 valence electrons. The Kier molecular flexibility index (Phi) is 6.56. The standard InChI is InChI=1S/C27H31N3O3/c1-6-30-23-10-8-7-9-21(23)22-16-20(12-13-24(22)30)28-27(31)18(2)29(3)17-19-11-14-25(32-4)26(15-19)33-5/h7-16,18H,6,17H2,1-5H3,(H,28,31). The molecule has 1 N–H and O–H groups in total. The van der Waals surface area contributed by atoms with Crippen molar-refractivity contribution >= 4 is 33.4 Å². The summed E-state index contributed by atoms with van der Waals surface area (Å²) in [4.78, 5) is 15.0. The van der Waals surface area contributed by atoms with Gasteiger partial charge in [0.2, 0.25) is 5.91 Å². The second-order valence-electron chi connectivity index (χ2n) is 8.26. The molecule has 4 aromatic rings. The van der Waals surface area contributed by atoms with Gasteiger partial charge >= 0.3 is 0 Å². The minimum absolute atomic E-state index is 0.0449. The lowest BCUT2D eigenvalue weighted by Crippen LogP contribution is -2.39. The van der Waals surface area contributed by atoms with E-state index in [1.54, 1.807) is 14.2 Å². The van der Waals surface area contributed by atoms with Gasteiger partial charge in [-0.15, -0.1) is 0 Å². The molecule has 1 amide bonds. The van der Waals surface area contributed by atoms with Crippen molar-refractivity contribution in [3.05, 3.63) is 66.2 Å². The molecule has 0 fully saturated rings. The van der Waals surface area contributed by atoms with E-state index in [1.165, 1.54) is 16.4 Å². The first-order chi connectivity index (χ1) is 16.0. The number of benzene rings is 3. The third-order valence-corrected chi connectivity index (χ3v) is 6.28. The summed E-state index contributed by atoms with van der Waals surface area (Å²) in [7, 11) is 5.18. The molecule has 4 rings (SSSR count). The molecule has 1 atom stereocenters. The lowest BCUT2D eigenvalue weighted by molar-refractivity contribution is -0.120. The number of hydrogen-bond acceptors (Lipinski definition) is 4. The molecule has 1 aromatic heterocycles. The number of aryl methyl sites for hydroxylation is 1. The van der Waals surface area contributed by atoms with E-state index in [4.69, 9.17) is 9.47 Å². The van der Waals surface area contributed by atoms with E-state index in [0.717, 1.165) is 23.2 Å². The van der Waals surface area contributed by atoms with Crippen LogP contribution in [0.4, 0.5) is 5.69 Å². The smallest absolute Gasteiger partial charge is 0.241 e. The minimum atomic E-state index is -0.314. The Morgan fingerprint density at radius 1 is 0.970 bits per heavy atom. The van der Waals surface area contributed by atoms with Crippen LogP contribution in [0.1, 0.15) is 19.4 Å². The lowest BCUT2D eigenvalue weighted by atomic mass is 10.1. The van der Waals surface area contributed by atoms with Crippen molar-refractivity contribution in [1.82, 2.24) is 9.47 Å². The second kappa shape index (κ2) is 9.55. The van der Waals surface area contributed by atoms with Gasteiger partial charge in [-0.25, -0.2) is 0 Å². The van der Waals surface area contributed by atoms with E-state index in [0.29, 0.717) is 18.0 Å². The molecule has 1 heterocycles. The average molecular weight is 446 g/mol. The third-order valence-electron chi connectivity index (χ3n) is 6.28. The molecular weight excluding hydrogens is 414 g/mol. The van der Waals surface area contributed by atoms with Gasteiger partial charge in [0.25, 0.3) is 0 Å². The molecule has 0 radical (unpaired) electrons. The SMILES string of the molecule is CCn1c2ccccc2c2cc(NC(=O)C(C)N(C)Cc3ccc(OC)c(OC)c3)ccc21. The number of anilines is 1. The molecule has 0 aliphatic carbocycles. The molecule has 0 aliphatic heterocycles. The van der Waals surface area contributed by atoms with Crippen LogP contribution in [-0.2, 0) is 17.9 Å². The Hall–Kier alpha value is -3.51. The molecule has 0 aliphatic rings. The number of rotatable bonds is 8. The zero-order valence-corrected chi connectivity index (χ0v) is 19.9. The molecule has 33 heavy (non-hydrogen) atoms. The summed E-state index contributed by atoms with van der Waals surface area (Å²) in [6, 6.07) is 20.0. The van der Waals surface area contributed by atoms with Crippen molar-refractivity contribution in [2.24, 2.45) is 0 Å². The van der Waals surface area contributed by atoms with Crippen molar-refractivity contribution in [2.75, 3.05) is 26.6 Å². The summed E-state index contributed by atoms with van der Waals surface area (Å²) in [6.07, 6.45) is 0. The van der Waals surface area contributed by atoms with Gasteiger partial charge < -0.3 is 19.4 Å².